The molecule has 0 aromatic heterocycles. The van der Waals surface area contributed by atoms with E-state index in [1.807, 2.05) is 0 Å². The van der Waals surface area contributed by atoms with Gasteiger partial charge in [0.05, 0.1) is 10.5 Å². The summed E-state index contributed by atoms with van der Waals surface area (Å²) in [5, 5.41) is 8.23. The van der Waals surface area contributed by atoms with E-state index in [0.29, 0.717) is 10.2 Å². The molecular weight excluding hydrogens is 286 g/mol. The number of benzene rings is 1. The van der Waals surface area contributed by atoms with Gasteiger partial charge in [0.15, 0.2) is 4.98 Å². The van der Waals surface area contributed by atoms with Crippen LogP contribution < -0.4 is 0 Å². The average molecular weight is 289 g/mol. The van der Waals surface area contributed by atoms with Gasteiger partial charge in [-0.2, -0.15) is 0 Å². The van der Waals surface area contributed by atoms with Crippen molar-refractivity contribution in [1.29, 1.82) is 5.39 Å². The summed E-state index contributed by atoms with van der Waals surface area (Å²) in [5.74, 6) is -0.368. The van der Waals surface area contributed by atoms with Crippen molar-refractivity contribution in [1.82, 2.24) is 0 Å². The molecule has 0 aliphatic rings. The summed E-state index contributed by atoms with van der Waals surface area (Å²) in [4.78, 5) is 2.88. The van der Waals surface area contributed by atoms with Crippen LogP contribution >= 0.6 is 15.9 Å². The zero-order valence-electron chi connectivity index (χ0n) is 6.97. The summed E-state index contributed by atoms with van der Waals surface area (Å²) in [6.07, 6.45) is 0. The lowest BCUT2D eigenvalue weighted by Crippen LogP contribution is -2.02. The van der Waals surface area contributed by atoms with Crippen molar-refractivity contribution >= 4 is 28.9 Å². The van der Waals surface area contributed by atoms with E-state index in [9.17, 15) is 21.7 Å². The van der Waals surface area contributed by atoms with Crippen molar-refractivity contribution in [2.75, 3.05) is 0 Å². The number of nitrogens with zero attached hydrogens (tertiary/aromatic N) is 2. The number of hydrogen-bond acceptors (Lipinski definition) is 1. The van der Waals surface area contributed by atoms with Gasteiger partial charge in [0.25, 0.3) is 0 Å². The molecule has 2 nitrogen and oxygen atoms in total. The minimum Gasteiger partial charge on any atom is -0.418 e. The fourth-order valence-corrected chi connectivity index (χ4v) is 0.914. The lowest BCUT2D eigenvalue weighted by molar-refractivity contribution is 0.368. The molecule has 9 heteroatoms. The van der Waals surface area contributed by atoms with Crippen molar-refractivity contribution < 1.29 is 21.7 Å². The second-order valence-corrected chi connectivity index (χ2v) is 3.05. The number of hydrogen-bond donors (Lipinski definition) is 0. The SMILES string of the molecule is F[B-](F)(F)F.N#[N+]c1ccc(F)c(Br)c1. The molecule has 0 bridgehead atoms. The fourth-order valence-electron chi connectivity index (χ4n) is 0.547. The minimum atomic E-state index is -6.00. The molecular formula is C6H3BBrF5N2. The molecule has 0 fully saturated rings. The van der Waals surface area contributed by atoms with E-state index >= 15 is 0 Å². The first kappa shape index (κ1) is 13.8. The maximum atomic E-state index is 12.5. The van der Waals surface area contributed by atoms with E-state index < -0.39 is 7.25 Å². The molecule has 1 aromatic rings. The maximum absolute atomic E-state index is 12.5. The van der Waals surface area contributed by atoms with E-state index in [-0.39, 0.29) is 5.82 Å². The van der Waals surface area contributed by atoms with Crippen molar-refractivity contribution in [3.63, 3.8) is 0 Å². The lowest BCUT2D eigenvalue weighted by atomic mass is 10.3. The molecule has 0 spiro atoms. The monoisotopic (exact) mass is 288 g/mol. The molecule has 0 aliphatic heterocycles. The van der Waals surface area contributed by atoms with Crippen LogP contribution in [0, 0.1) is 11.2 Å². The molecule has 0 amide bonds. The fraction of sp³-hybridized carbons (Fsp3) is 0. The van der Waals surface area contributed by atoms with Crippen molar-refractivity contribution in [3.8, 4) is 0 Å². The van der Waals surface area contributed by atoms with Crippen LogP contribution in [0.2, 0.25) is 0 Å². The van der Waals surface area contributed by atoms with Crippen molar-refractivity contribution in [2.24, 2.45) is 0 Å². The van der Waals surface area contributed by atoms with Gasteiger partial charge in [-0.15, -0.1) is 0 Å². The first-order valence-corrected chi connectivity index (χ1v) is 4.21. The summed E-state index contributed by atoms with van der Waals surface area (Å²) in [6, 6.07) is 3.98. The first-order valence-electron chi connectivity index (χ1n) is 3.41. The quantitative estimate of drug-likeness (QED) is 0.396. The molecule has 0 saturated carbocycles. The van der Waals surface area contributed by atoms with E-state index in [0.717, 1.165) is 0 Å². The van der Waals surface area contributed by atoms with E-state index in [2.05, 4.69) is 20.9 Å². The Morgan fingerprint density at radius 2 is 1.67 bits per heavy atom. The molecule has 0 heterocycles. The third-order valence-electron chi connectivity index (χ3n) is 1.02. The average Bonchev–Trinajstić information content (AvgIpc) is 2.07. The molecule has 82 valence electrons. The second kappa shape index (κ2) is 5.65. The first-order chi connectivity index (χ1) is 6.74. The van der Waals surface area contributed by atoms with Gasteiger partial charge in [-0.3, -0.25) is 0 Å². The molecule has 0 aliphatic carbocycles. The highest BCUT2D eigenvalue weighted by Crippen LogP contribution is 2.21. The number of halogens is 6. The molecule has 0 N–H and O–H groups in total. The van der Waals surface area contributed by atoms with Crippen LogP contribution in [-0.4, -0.2) is 7.25 Å². The smallest absolute Gasteiger partial charge is 0.418 e. The van der Waals surface area contributed by atoms with Crippen LogP contribution in [0.1, 0.15) is 0 Å². The minimum absolute atomic E-state index is 0.294. The van der Waals surface area contributed by atoms with Crippen molar-refractivity contribution in [3.05, 3.63) is 33.5 Å². The van der Waals surface area contributed by atoms with E-state index in [1.165, 1.54) is 18.2 Å². The molecule has 0 atom stereocenters. The Labute approximate surface area is 89.9 Å². The van der Waals surface area contributed by atoms with Gasteiger partial charge in [-0.1, -0.05) is 0 Å². The summed E-state index contributed by atoms with van der Waals surface area (Å²) in [6.45, 7) is 0. The Morgan fingerprint density at radius 3 is 2.00 bits per heavy atom. The van der Waals surface area contributed by atoms with Gasteiger partial charge >= 0.3 is 12.9 Å². The Balaban J connectivity index is 0.000000336. The summed E-state index contributed by atoms with van der Waals surface area (Å²) >= 11 is 2.94. The lowest BCUT2D eigenvalue weighted by Gasteiger charge is -1.94. The van der Waals surface area contributed by atoms with Gasteiger partial charge in [-0.25, -0.2) is 4.39 Å². The zero-order chi connectivity index (χ0) is 12.1. The van der Waals surface area contributed by atoms with Gasteiger partial charge < -0.3 is 17.3 Å². The maximum Gasteiger partial charge on any atom is 0.673 e. The molecule has 1 aromatic carbocycles. The van der Waals surface area contributed by atoms with Crippen molar-refractivity contribution in [2.45, 2.75) is 0 Å². The Bertz CT molecular complexity index is 369. The molecule has 0 unspecified atom stereocenters. The largest absolute Gasteiger partial charge is 0.673 e. The van der Waals surface area contributed by atoms with E-state index in [4.69, 9.17) is 5.39 Å². The van der Waals surface area contributed by atoms with Crippen LogP contribution in [0.25, 0.3) is 4.98 Å². The predicted octanol–water partition coefficient (Wildman–Crippen LogP) is 4.37. The normalized spacial score (nSPS) is 9.93. The Kier molecular flexibility index (Phi) is 5.21. The third kappa shape index (κ3) is 7.87. The summed E-state index contributed by atoms with van der Waals surface area (Å²) in [7, 11) is -6.00. The molecule has 1 rings (SSSR count). The number of rotatable bonds is 0. The van der Waals surface area contributed by atoms with E-state index in [1.54, 1.807) is 0 Å². The van der Waals surface area contributed by atoms with Crippen LogP contribution in [0.5, 0.6) is 0 Å². The standard InChI is InChI=1S/C6H3BrFN2.BF4/c7-5-3-4(10-9)1-2-6(5)8;2-1(3,4)5/h1-3H;/q+1;-1. The van der Waals surface area contributed by atoms with Gasteiger partial charge in [0, 0.05) is 6.07 Å². The Morgan fingerprint density at radius 1 is 1.20 bits per heavy atom. The predicted molar refractivity (Wildman–Crippen MR) is 49.0 cm³/mol. The van der Waals surface area contributed by atoms with Crippen LogP contribution in [0.4, 0.5) is 27.3 Å². The molecule has 15 heavy (non-hydrogen) atoms. The van der Waals surface area contributed by atoms with Gasteiger partial charge in [0.2, 0.25) is 5.39 Å². The van der Waals surface area contributed by atoms with Crippen LogP contribution in [0.15, 0.2) is 22.7 Å². The summed E-state index contributed by atoms with van der Waals surface area (Å²) in [5.41, 5.74) is 0.327. The topological polar surface area (TPSA) is 28.1 Å². The third-order valence-corrected chi connectivity index (χ3v) is 1.63. The van der Waals surface area contributed by atoms with Gasteiger partial charge in [0.1, 0.15) is 5.82 Å². The Hall–Kier alpha value is -1.17. The highest BCUT2D eigenvalue weighted by molar-refractivity contribution is 9.10. The van der Waals surface area contributed by atoms with Gasteiger partial charge in [-0.05, 0) is 22.0 Å². The second-order valence-electron chi connectivity index (χ2n) is 2.19. The van der Waals surface area contributed by atoms with Crippen LogP contribution in [-0.2, 0) is 0 Å². The summed E-state index contributed by atoms with van der Waals surface area (Å²) < 4.78 is 51.8. The molecule has 0 radical (unpaired) electrons. The molecule has 0 saturated heterocycles. The zero-order valence-corrected chi connectivity index (χ0v) is 8.56. The van der Waals surface area contributed by atoms with Crippen LogP contribution in [0.3, 0.4) is 0 Å². The highest BCUT2D eigenvalue weighted by atomic mass is 79.9. The number of diazo groups is 1. The highest BCUT2D eigenvalue weighted by Gasteiger charge is 2.20.